The van der Waals surface area contributed by atoms with Crippen LogP contribution in [0.1, 0.15) is 20.3 Å². The number of hydrogen-bond acceptors (Lipinski definition) is 2. The summed E-state index contributed by atoms with van der Waals surface area (Å²) in [6.07, 6.45) is -4.69. The smallest absolute Gasteiger partial charge is 0.394 e. The topological polar surface area (TPSA) is 46.2 Å². The fourth-order valence-corrected chi connectivity index (χ4v) is 0.783. The fraction of sp³-hybridized carbons (Fsp3) is 0.750. The summed E-state index contributed by atoms with van der Waals surface area (Å²) in [5, 5.41) is 8.76. The van der Waals surface area contributed by atoms with Gasteiger partial charge >= 0.3 is 6.18 Å². The Morgan fingerprint density at radius 3 is 2.08 bits per heavy atom. The van der Waals surface area contributed by atoms with Gasteiger partial charge in [0.05, 0.1) is 11.5 Å². The Balaban J connectivity index is 4.43. The normalized spacial score (nSPS) is 15.5. The lowest BCUT2D eigenvalue weighted by Crippen LogP contribution is -2.38. The molecule has 78 valence electrons. The first-order valence-corrected chi connectivity index (χ1v) is 3.78. The highest BCUT2D eigenvalue weighted by molar-refractivity contribution is 4.96. The average Bonchev–Trinajstić information content (AvgIpc) is 1.83. The van der Waals surface area contributed by atoms with Crippen LogP contribution in [0.25, 0.3) is 0 Å². The molecule has 5 heteroatoms. The van der Waals surface area contributed by atoms with Crippen LogP contribution in [0.4, 0.5) is 13.2 Å². The van der Waals surface area contributed by atoms with Gasteiger partial charge in [0.1, 0.15) is 5.76 Å². The van der Waals surface area contributed by atoms with Gasteiger partial charge in [-0.25, -0.2) is 0 Å². The summed E-state index contributed by atoms with van der Waals surface area (Å²) < 4.78 is 36.9. The minimum atomic E-state index is -4.32. The monoisotopic (exact) mass is 197 g/mol. The maximum atomic E-state index is 12.3. The number of alkyl halides is 3. The van der Waals surface area contributed by atoms with Gasteiger partial charge in [0.15, 0.2) is 0 Å². The lowest BCUT2D eigenvalue weighted by Gasteiger charge is -2.29. The van der Waals surface area contributed by atoms with Crippen molar-refractivity contribution in [1.29, 1.82) is 0 Å². The first-order valence-electron chi connectivity index (χ1n) is 3.78. The molecule has 0 aromatic heterocycles. The molecule has 0 aliphatic heterocycles. The summed E-state index contributed by atoms with van der Waals surface area (Å²) in [6, 6.07) is -1.03. The molecule has 0 spiro atoms. The highest BCUT2D eigenvalue weighted by atomic mass is 19.4. The van der Waals surface area contributed by atoms with E-state index in [1.807, 2.05) is 0 Å². The van der Waals surface area contributed by atoms with E-state index in [9.17, 15) is 13.2 Å². The van der Waals surface area contributed by atoms with Gasteiger partial charge in [0.25, 0.3) is 0 Å². The molecule has 0 rings (SSSR count). The number of hydrogen-bond donors (Lipinski definition) is 2. The standard InChI is InChI=1S/C8H14F3NO/c1-5(13)6(12)4-7(2,3)8(9,10)11/h6,13H,1,4,12H2,2-3H3. The third kappa shape index (κ3) is 3.26. The summed E-state index contributed by atoms with van der Waals surface area (Å²) in [4.78, 5) is 0. The summed E-state index contributed by atoms with van der Waals surface area (Å²) in [6.45, 7) is 5.16. The molecule has 2 nitrogen and oxygen atoms in total. The largest absolute Gasteiger partial charge is 0.511 e. The molecular weight excluding hydrogens is 183 g/mol. The van der Waals surface area contributed by atoms with E-state index in [-0.39, 0.29) is 6.42 Å². The van der Waals surface area contributed by atoms with Gasteiger partial charge in [0.2, 0.25) is 0 Å². The fourth-order valence-electron chi connectivity index (χ4n) is 0.783. The molecule has 0 saturated heterocycles. The van der Waals surface area contributed by atoms with Gasteiger partial charge < -0.3 is 10.8 Å². The molecule has 0 aliphatic rings. The quantitative estimate of drug-likeness (QED) is 0.682. The molecule has 0 heterocycles. The number of aliphatic hydroxyl groups excluding tert-OH is 1. The van der Waals surface area contributed by atoms with Crippen LogP contribution in [0.2, 0.25) is 0 Å². The highest BCUT2D eigenvalue weighted by Gasteiger charge is 2.47. The molecule has 0 amide bonds. The maximum absolute atomic E-state index is 12.3. The second kappa shape index (κ2) is 3.57. The molecule has 0 saturated carbocycles. The second-order valence-corrected chi connectivity index (χ2v) is 3.68. The van der Waals surface area contributed by atoms with Crippen LogP contribution in [0, 0.1) is 5.41 Å². The summed E-state index contributed by atoms with van der Waals surface area (Å²) in [7, 11) is 0. The third-order valence-electron chi connectivity index (χ3n) is 1.93. The first kappa shape index (κ1) is 12.3. The molecule has 13 heavy (non-hydrogen) atoms. The predicted octanol–water partition coefficient (Wildman–Crippen LogP) is 2.36. The van der Waals surface area contributed by atoms with E-state index in [1.54, 1.807) is 0 Å². The van der Waals surface area contributed by atoms with Crippen LogP contribution >= 0.6 is 0 Å². The molecule has 0 bridgehead atoms. The number of halogens is 3. The van der Waals surface area contributed by atoms with Crippen molar-refractivity contribution < 1.29 is 18.3 Å². The van der Waals surface area contributed by atoms with Gasteiger partial charge in [-0.2, -0.15) is 13.2 Å². The van der Waals surface area contributed by atoms with E-state index < -0.39 is 23.4 Å². The van der Waals surface area contributed by atoms with Crippen LogP contribution in [0.5, 0.6) is 0 Å². The molecule has 1 unspecified atom stereocenters. The molecule has 0 radical (unpaired) electrons. The molecule has 3 N–H and O–H groups in total. The Morgan fingerprint density at radius 1 is 1.46 bits per heavy atom. The zero-order valence-corrected chi connectivity index (χ0v) is 7.65. The Labute approximate surface area is 75.2 Å². The van der Waals surface area contributed by atoms with E-state index in [4.69, 9.17) is 10.8 Å². The van der Waals surface area contributed by atoms with E-state index in [1.165, 1.54) is 0 Å². The summed E-state index contributed by atoms with van der Waals surface area (Å²) >= 11 is 0. The molecule has 0 aromatic carbocycles. The molecule has 1 atom stereocenters. The van der Waals surface area contributed by atoms with E-state index in [2.05, 4.69) is 6.58 Å². The van der Waals surface area contributed by atoms with Crippen molar-refractivity contribution in [1.82, 2.24) is 0 Å². The highest BCUT2D eigenvalue weighted by Crippen LogP contribution is 2.41. The van der Waals surface area contributed by atoms with Crippen molar-refractivity contribution in [3.63, 3.8) is 0 Å². The number of aliphatic hydroxyl groups is 1. The Kier molecular flexibility index (Phi) is 3.38. The second-order valence-electron chi connectivity index (χ2n) is 3.68. The first-order chi connectivity index (χ1) is 5.58. The van der Waals surface area contributed by atoms with Gasteiger partial charge in [-0.05, 0) is 6.42 Å². The van der Waals surface area contributed by atoms with E-state index in [0.29, 0.717) is 0 Å². The van der Waals surface area contributed by atoms with Crippen LogP contribution in [0.15, 0.2) is 12.3 Å². The predicted molar refractivity (Wildman–Crippen MR) is 44.2 cm³/mol. The Bertz CT molecular complexity index is 198. The number of rotatable bonds is 3. The lowest BCUT2D eigenvalue weighted by molar-refractivity contribution is -0.214. The van der Waals surface area contributed by atoms with E-state index >= 15 is 0 Å². The molecule has 0 fully saturated rings. The van der Waals surface area contributed by atoms with Gasteiger partial charge in [-0.1, -0.05) is 20.4 Å². The maximum Gasteiger partial charge on any atom is 0.394 e. The molecule has 0 aliphatic carbocycles. The van der Waals surface area contributed by atoms with Crippen LogP contribution in [-0.4, -0.2) is 17.3 Å². The van der Waals surface area contributed by atoms with Crippen LogP contribution in [-0.2, 0) is 0 Å². The third-order valence-corrected chi connectivity index (χ3v) is 1.93. The van der Waals surface area contributed by atoms with Crippen molar-refractivity contribution >= 4 is 0 Å². The zero-order valence-electron chi connectivity index (χ0n) is 7.65. The molecular formula is C8H14F3NO. The minimum absolute atomic E-state index is 0.369. The zero-order chi connectivity index (χ0) is 10.9. The summed E-state index contributed by atoms with van der Waals surface area (Å²) in [5.41, 5.74) is 3.35. The molecule has 0 aromatic rings. The Morgan fingerprint density at radius 2 is 1.85 bits per heavy atom. The van der Waals surface area contributed by atoms with Crippen molar-refractivity contribution in [2.75, 3.05) is 0 Å². The average molecular weight is 197 g/mol. The van der Waals surface area contributed by atoms with Crippen LogP contribution < -0.4 is 5.73 Å². The van der Waals surface area contributed by atoms with Gasteiger partial charge in [-0.15, -0.1) is 0 Å². The SMILES string of the molecule is C=C(O)C(N)CC(C)(C)C(F)(F)F. The lowest BCUT2D eigenvalue weighted by atomic mass is 9.85. The van der Waals surface area contributed by atoms with Crippen molar-refractivity contribution in [2.45, 2.75) is 32.5 Å². The van der Waals surface area contributed by atoms with Crippen LogP contribution in [0.3, 0.4) is 0 Å². The Hall–Kier alpha value is -0.710. The van der Waals surface area contributed by atoms with E-state index in [0.717, 1.165) is 13.8 Å². The summed E-state index contributed by atoms with van der Waals surface area (Å²) in [5.74, 6) is -0.419. The minimum Gasteiger partial charge on any atom is -0.511 e. The van der Waals surface area contributed by atoms with Gasteiger partial charge in [0, 0.05) is 0 Å². The van der Waals surface area contributed by atoms with Crippen molar-refractivity contribution in [3.05, 3.63) is 12.3 Å². The number of nitrogens with two attached hydrogens (primary N) is 1. The van der Waals surface area contributed by atoms with Crippen molar-refractivity contribution in [3.8, 4) is 0 Å². The van der Waals surface area contributed by atoms with Crippen molar-refractivity contribution in [2.24, 2.45) is 11.1 Å². The van der Waals surface area contributed by atoms with Gasteiger partial charge in [-0.3, -0.25) is 0 Å².